The molecule has 1 heterocycles. The first-order valence-electron chi connectivity index (χ1n) is 3.95. The van der Waals surface area contributed by atoms with Crippen molar-refractivity contribution in [2.75, 3.05) is 0 Å². The fourth-order valence-corrected chi connectivity index (χ4v) is 0.790. The van der Waals surface area contributed by atoms with Gasteiger partial charge in [0.25, 0.3) is 0 Å². The Morgan fingerprint density at radius 3 is 2.86 bits per heavy atom. The zero-order valence-electron chi connectivity index (χ0n) is 7.60. The summed E-state index contributed by atoms with van der Waals surface area (Å²) in [6.45, 7) is 1.44. The molecule has 0 bridgehead atoms. The third-order valence-corrected chi connectivity index (χ3v) is 1.54. The minimum absolute atomic E-state index is 0.388. The van der Waals surface area contributed by atoms with Crippen LogP contribution in [0.5, 0.6) is 5.75 Å². The van der Waals surface area contributed by atoms with Gasteiger partial charge in [0.05, 0.1) is 6.20 Å². The van der Waals surface area contributed by atoms with Gasteiger partial charge < -0.3 is 9.84 Å². The van der Waals surface area contributed by atoms with E-state index in [2.05, 4.69) is 10.9 Å². The average Bonchev–Trinajstić information content (AvgIpc) is 2.19. The minimum atomic E-state index is -1.02. The second-order valence-electron chi connectivity index (χ2n) is 2.62. The third kappa shape index (κ3) is 2.49. The van der Waals surface area contributed by atoms with E-state index in [0.29, 0.717) is 11.4 Å². The molecule has 4 heteroatoms. The number of nitrogens with zero attached hydrogens (tertiary/aromatic N) is 1. The number of carbonyl (C=O) groups is 1. The highest BCUT2D eigenvalue weighted by atomic mass is 16.5. The lowest BCUT2D eigenvalue weighted by Crippen LogP contribution is -2.22. The molecule has 1 aromatic heterocycles. The van der Waals surface area contributed by atoms with Crippen LogP contribution in [-0.4, -0.2) is 22.2 Å². The molecular weight excluding hydrogens is 182 g/mol. The topological polar surface area (TPSA) is 59.4 Å². The lowest BCUT2D eigenvalue weighted by Gasteiger charge is -2.09. The molecule has 4 nitrogen and oxygen atoms in total. The number of hydrogen-bond donors (Lipinski definition) is 1. The molecule has 1 rings (SSSR count). The van der Waals surface area contributed by atoms with E-state index in [0.717, 1.165) is 0 Å². The first kappa shape index (κ1) is 10.1. The summed E-state index contributed by atoms with van der Waals surface area (Å²) in [6.07, 6.45) is 5.60. The molecule has 1 unspecified atom stereocenters. The Bertz CT molecular complexity index is 364. The Kier molecular flexibility index (Phi) is 3.08. The van der Waals surface area contributed by atoms with E-state index in [-0.39, 0.29) is 0 Å². The quantitative estimate of drug-likeness (QED) is 0.721. The highest BCUT2D eigenvalue weighted by molar-refractivity contribution is 5.72. The summed E-state index contributed by atoms with van der Waals surface area (Å²) in [6, 6.07) is 3.17. The SMILES string of the molecule is C#Cc1ccc(OC(C)C(=O)O)cn1. The van der Waals surface area contributed by atoms with Crippen LogP contribution in [0.25, 0.3) is 0 Å². The van der Waals surface area contributed by atoms with Crippen molar-refractivity contribution in [1.82, 2.24) is 4.98 Å². The van der Waals surface area contributed by atoms with Gasteiger partial charge in [0.15, 0.2) is 6.10 Å². The zero-order valence-corrected chi connectivity index (χ0v) is 7.60. The molecule has 0 aliphatic rings. The van der Waals surface area contributed by atoms with E-state index < -0.39 is 12.1 Å². The summed E-state index contributed by atoms with van der Waals surface area (Å²) in [5, 5.41) is 8.57. The standard InChI is InChI=1S/C10H9NO3/c1-3-8-4-5-9(6-11-8)14-7(2)10(12)13/h1,4-7H,2H3,(H,12,13). The predicted octanol–water partition coefficient (Wildman–Crippen LogP) is 0.915. The second kappa shape index (κ2) is 4.28. The Labute approximate surface area is 81.5 Å². The molecule has 0 aliphatic heterocycles. The molecule has 72 valence electrons. The van der Waals surface area contributed by atoms with Crippen molar-refractivity contribution < 1.29 is 14.6 Å². The van der Waals surface area contributed by atoms with Crippen molar-refractivity contribution in [1.29, 1.82) is 0 Å². The zero-order chi connectivity index (χ0) is 10.6. The molecule has 1 N–H and O–H groups in total. The lowest BCUT2D eigenvalue weighted by atomic mass is 10.3. The third-order valence-electron chi connectivity index (χ3n) is 1.54. The van der Waals surface area contributed by atoms with E-state index in [1.807, 2.05) is 0 Å². The van der Waals surface area contributed by atoms with Crippen LogP contribution in [0, 0.1) is 12.3 Å². The van der Waals surface area contributed by atoms with Crippen LogP contribution in [0.4, 0.5) is 0 Å². The largest absolute Gasteiger partial charge is 0.479 e. The Balaban J connectivity index is 2.70. The van der Waals surface area contributed by atoms with Gasteiger partial charge in [0, 0.05) is 0 Å². The summed E-state index contributed by atoms with van der Waals surface area (Å²) < 4.78 is 5.04. The van der Waals surface area contributed by atoms with Crippen molar-refractivity contribution in [2.45, 2.75) is 13.0 Å². The maximum absolute atomic E-state index is 10.4. The molecule has 0 radical (unpaired) electrons. The minimum Gasteiger partial charge on any atom is -0.479 e. The van der Waals surface area contributed by atoms with Gasteiger partial charge >= 0.3 is 5.97 Å². The van der Waals surface area contributed by atoms with Crippen LogP contribution < -0.4 is 4.74 Å². The lowest BCUT2D eigenvalue weighted by molar-refractivity contribution is -0.144. The van der Waals surface area contributed by atoms with Crippen molar-refractivity contribution in [3.63, 3.8) is 0 Å². The van der Waals surface area contributed by atoms with Gasteiger partial charge in [0.2, 0.25) is 0 Å². The van der Waals surface area contributed by atoms with E-state index in [1.165, 1.54) is 13.1 Å². The number of carboxylic acids is 1. The number of aromatic nitrogens is 1. The summed E-state index contributed by atoms with van der Waals surface area (Å²) in [4.78, 5) is 14.3. The summed E-state index contributed by atoms with van der Waals surface area (Å²) >= 11 is 0. The van der Waals surface area contributed by atoms with Crippen molar-refractivity contribution >= 4 is 5.97 Å². The second-order valence-corrected chi connectivity index (χ2v) is 2.62. The molecule has 0 amide bonds. The first-order chi connectivity index (χ1) is 6.63. The van der Waals surface area contributed by atoms with Crippen molar-refractivity contribution in [2.24, 2.45) is 0 Å². The van der Waals surface area contributed by atoms with E-state index in [4.69, 9.17) is 16.3 Å². The molecule has 0 spiro atoms. The van der Waals surface area contributed by atoms with Gasteiger partial charge in [-0.2, -0.15) is 0 Å². The maximum atomic E-state index is 10.4. The molecular formula is C10H9NO3. The maximum Gasteiger partial charge on any atom is 0.344 e. The number of pyridine rings is 1. The van der Waals surface area contributed by atoms with Crippen LogP contribution in [0.2, 0.25) is 0 Å². The molecule has 14 heavy (non-hydrogen) atoms. The number of carboxylic acid groups (broad SMARTS) is 1. The number of aliphatic carboxylic acids is 1. The number of hydrogen-bond acceptors (Lipinski definition) is 3. The van der Waals surface area contributed by atoms with Crippen LogP contribution in [0.1, 0.15) is 12.6 Å². The predicted molar refractivity (Wildman–Crippen MR) is 49.9 cm³/mol. The fraction of sp³-hybridized carbons (Fsp3) is 0.200. The average molecular weight is 191 g/mol. The molecule has 1 aromatic rings. The van der Waals surface area contributed by atoms with Gasteiger partial charge in [-0.05, 0) is 19.1 Å². The normalized spacial score (nSPS) is 11.4. The summed E-state index contributed by atoms with van der Waals surface area (Å²) in [5.41, 5.74) is 0.486. The molecule has 0 saturated carbocycles. The molecule has 0 aliphatic carbocycles. The number of terminal acetylenes is 1. The molecule has 0 aromatic carbocycles. The number of ether oxygens (including phenoxy) is 1. The fourth-order valence-electron chi connectivity index (χ4n) is 0.790. The van der Waals surface area contributed by atoms with Crippen LogP contribution in [0.15, 0.2) is 18.3 Å². The first-order valence-corrected chi connectivity index (χ1v) is 3.95. The highest BCUT2D eigenvalue weighted by Gasteiger charge is 2.11. The Hall–Kier alpha value is -2.02. The van der Waals surface area contributed by atoms with Crippen LogP contribution >= 0.6 is 0 Å². The van der Waals surface area contributed by atoms with Gasteiger partial charge in [-0.25, -0.2) is 9.78 Å². The summed E-state index contributed by atoms with van der Waals surface area (Å²) in [7, 11) is 0. The monoisotopic (exact) mass is 191 g/mol. The highest BCUT2D eigenvalue weighted by Crippen LogP contribution is 2.10. The smallest absolute Gasteiger partial charge is 0.344 e. The van der Waals surface area contributed by atoms with E-state index >= 15 is 0 Å². The molecule has 0 saturated heterocycles. The van der Waals surface area contributed by atoms with E-state index in [9.17, 15) is 4.79 Å². The van der Waals surface area contributed by atoms with Gasteiger partial charge in [0.1, 0.15) is 11.4 Å². The Morgan fingerprint density at radius 2 is 2.43 bits per heavy atom. The van der Waals surface area contributed by atoms with E-state index in [1.54, 1.807) is 12.1 Å². The summed E-state index contributed by atoms with van der Waals surface area (Å²) in [5.74, 6) is 1.71. The van der Waals surface area contributed by atoms with Gasteiger partial charge in [-0.3, -0.25) is 0 Å². The van der Waals surface area contributed by atoms with Crippen molar-refractivity contribution in [3.05, 3.63) is 24.0 Å². The number of rotatable bonds is 3. The molecule has 0 fully saturated rings. The van der Waals surface area contributed by atoms with Crippen LogP contribution in [0.3, 0.4) is 0 Å². The van der Waals surface area contributed by atoms with Crippen LogP contribution in [-0.2, 0) is 4.79 Å². The van der Waals surface area contributed by atoms with Gasteiger partial charge in [-0.15, -0.1) is 6.42 Å². The Morgan fingerprint density at radius 1 is 1.71 bits per heavy atom. The van der Waals surface area contributed by atoms with Gasteiger partial charge in [-0.1, -0.05) is 5.92 Å². The van der Waals surface area contributed by atoms with Crippen molar-refractivity contribution in [3.8, 4) is 18.1 Å². The molecule has 1 atom stereocenters.